The van der Waals surface area contributed by atoms with E-state index >= 15 is 0 Å². The lowest BCUT2D eigenvalue weighted by atomic mass is 9.85. The van der Waals surface area contributed by atoms with Gasteiger partial charge in [0, 0.05) is 30.2 Å². The number of hydrogen-bond acceptors (Lipinski definition) is 5. The fraction of sp³-hybridized carbons (Fsp3) is 0.346. The van der Waals surface area contributed by atoms with E-state index in [1.54, 1.807) is 18.4 Å². The molecule has 2 aromatic carbocycles. The largest absolute Gasteiger partial charge is 0.497 e. The summed E-state index contributed by atoms with van der Waals surface area (Å²) in [6.07, 6.45) is 3.70. The van der Waals surface area contributed by atoms with Crippen LogP contribution in [0.4, 0.5) is 0 Å². The van der Waals surface area contributed by atoms with Gasteiger partial charge in [0.05, 0.1) is 24.4 Å². The van der Waals surface area contributed by atoms with Gasteiger partial charge in [-0.2, -0.15) is 0 Å². The van der Waals surface area contributed by atoms with E-state index in [0.29, 0.717) is 32.2 Å². The minimum Gasteiger partial charge on any atom is -0.497 e. The molecule has 0 aliphatic carbocycles. The Bertz CT molecular complexity index is 1080. The molecule has 1 aromatic heterocycles. The van der Waals surface area contributed by atoms with E-state index in [0.717, 1.165) is 34.9 Å². The van der Waals surface area contributed by atoms with Gasteiger partial charge in [0.25, 0.3) is 0 Å². The Hall–Kier alpha value is -3.19. The molecule has 2 amide bonds. The van der Waals surface area contributed by atoms with E-state index in [1.165, 1.54) is 5.56 Å². The molecule has 172 valence electrons. The number of benzene rings is 2. The molecule has 0 unspecified atom stereocenters. The Labute approximate surface area is 198 Å². The van der Waals surface area contributed by atoms with E-state index in [2.05, 4.69) is 27.8 Å². The van der Waals surface area contributed by atoms with Gasteiger partial charge >= 0.3 is 0 Å². The predicted octanol–water partition coefficient (Wildman–Crippen LogP) is 4.03. The zero-order valence-electron chi connectivity index (χ0n) is 18.8. The number of methoxy groups -OCH3 is 1. The average Bonchev–Trinajstić information content (AvgIpc) is 3.44. The van der Waals surface area contributed by atoms with E-state index in [1.807, 2.05) is 47.8 Å². The van der Waals surface area contributed by atoms with Gasteiger partial charge in [-0.1, -0.05) is 42.5 Å². The molecule has 0 saturated carbocycles. The zero-order chi connectivity index (χ0) is 23.1. The summed E-state index contributed by atoms with van der Waals surface area (Å²) in [5.41, 5.74) is 2.84. The minimum absolute atomic E-state index is 0.0251. The van der Waals surface area contributed by atoms with Gasteiger partial charge in [-0.15, -0.1) is 11.3 Å². The number of nitrogens with zero attached hydrogens (tertiary/aromatic N) is 1. The third-order valence-electron chi connectivity index (χ3n) is 6.03. The lowest BCUT2D eigenvalue weighted by molar-refractivity contribution is -0.122. The van der Waals surface area contributed by atoms with Crippen molar-refractivity contribution in [2.45, 2.75) is 50.6 Å². The van der Waals surface area contributed by atoms with E-state index in [-0.39, 0.29) is 17.4 Å². The second-order valence-corrected chi connectivity index (χ2v) is 9.47. The van der Waals surface area contributed by atoms with Gasteiger partial charge in [-0.3, -0.25) is 9.59 Å². The molecule has 1 fully saturated rings. The van der Waals surface area contributed by atoms with Gasteiger partial charge in [0.1, 0.15) is 5.75 Å². The number of nitrogens with one attached hydrogen (secondary N) is 2. The fourth-order valence-electron chi connectivity index (χ4n) is 4.23. The molecule has 2 heterocycles. The first-order valence-corrected chi connectivity index (χ1v) is 12.1. The number of amides is 2. The van der Waals surface area contributed by atoms with Crippen molar-refractivity contribution in [1.82, 2.24) is 15.6 Å². The quantitative estimate of drug-likeness (QED) is 0.476. The highest BCUT2D eigenvalue weighted by Gasteiger charge is 2.37. The molecule has 33 heavy (non-hydrogen) atoms. The molecule has 4 rings (SSSR count). The second-order valence-electron chi connectivity index (χ2n) is 8.53. The van der Waals surface area contributed by atoms with E-state index in [9.17, 15) is 9.59 Å². The molecule has 2 N–H and O–H groups in total. The molecule has 3 aromatic rings. The Balaban J connectivity index is 1.28. The lowest BCUT2D eigenvalue weighted by Crippen LogP contribution is -2.44. The van der Waals surface area contributed by atoms with Crippen molar-refractivity contribution in [2.75, 3.05) is 7.11 Å². The van der Waals surface area contributed by atoms with Crippen molar-refractivity contribution >= 4 is 23.2 Å². The molecule has 0 radical (unpaired) electrons. The number of ether oxygens (including phenoxy) is 1. The maximum Gasteiger partial charge on any atom is 0.220 e. The van der Waals surface area contributed by atoms with Crippen molar-refractivity contribution < 1.29 is 14.3 Å². The van der Waals surface area contributed by atoms with Crippen LogP contribution in [0.2, 0.25) is 0 Å². The maximum absolute atomic E-state index is 12.6. The molecule has 7 heteroatoms. The maximum atomic E-state index is 12.6. The molecule has 1 aliphatic heterocycles. The van der Waals surface area contributed by atoms with Gasteiger partial charge in [0.2, 0.25) is 11.8 Å². The Morgan fingerprint density at radius 2 is 1.94 bits per heavy atom. The van der Waals surface area contributed by atoms with Crippen molar-refractivity contribution in [3.63, 3.8) is 0 Å². The van der Waals surface area contributed by atoms with Crippen LogP contribution >= 0.6 is 11.3 Å². The summed E-state index contributed by atoms with van der Waals surface area (Å²) in [7, 11) is 1.64. The molecule has 0 bridgehead atoms. The normalized spacial score (nSPS) is 17.5. The van der Waals surface area contributed by atoms with Crippen LogP contribution in [0, 0.1) is 0 Å². The average molecular weight is 464 g/mol. The second kappa shape index (κ2) is 10.6. The first kappa shape index (κ1) is 23.0. The zero-order valence-corrected chi connectivity index (χ0v) is 19.6. The summed E-state index contributed by atoms with van der Waals surface area (Å²) in [6.45, 7) is 0.419. The topological polar surface area (TPSA) is 80.3 Å². The van der Waals surface area contributed by atoms with Crippen molar-refractivity contribution in [3.8, 4) is 5.75 Å². The Morgan fingerprint density at radius 3 is 2.64 bits per heavy atom. The number of hydrogen-bond donors (Lipinski definition) is 2. The van der Waals surface area contributed by atoms with Crippen LogP contribution in [-0.2, 0) is 29.0 Å². The minimum atomic E-state index is -0.382. The number of carbonyl (C=O) groups excluding carboxylic acids is 2. The fourth-order valence-corrected chi connectivity index (χ4v) is 5.06. The Morgan fingerprint density at radius 1 is 1.15 bits per heavy atom. The summed E-state index contributed by atoms with van der Waals surface area (Å²) < 4.78 is 5.23. The molecule has 6 nitrogen and oxygen atoms in total. The molecular weight excluding hydrogens is 434 g/mol. The lowest BCUT2D eigenvalue weighted by Gasteiger charge is -2.29. The SMILES string of the molecule is COc1ccc(C[C@@]2(CCC(=O)NCc3csc(Cc4ccccc4)n3)CCC(=O)N2)cc1. The van der Waals surface area contributed by atoms with Crippen LogP contribution in [0.25, 0.3) is 0 Å². The van der Waals surface area contributed by atoms with Crippen molar-refractivity contribution in [3.05, 3.63) is 81.8 Å². The summed E-state index contributed by atoms with van der Waals surface area (Å²) in [5, 5.41) is 9.16. The standard InChI is InChI=1S/C26H29N3O3S/c1-32-22-9-7-20(8-10-22)16-26(14-12-24(31)29-26)13-11-23(30)27-17-21-18-33-25(28-21)15-19-5-3-2-4-6-19/h2-10,18H,11-17H2,1H3,(H,27,30)(H,29,31)/t26-/m1/s1. The third kappa shape index (κ3) is 6.42. The highest BCUT2D eigenvalue weighted by Crippen LogP contribution is 2.30. The van der Waals surface area contributed by atoms with Crippen LogP contribution in [0.3, 0.4) is 0 Å². The van der Waals surface area contributed by atoms with Crippen molar-refractivity contribution in [1.29, 1.82) is 0 Å². The summed E-state index contributed by atoms with van der Waals surface area (Å²) in [5.74, 6) is 0.830. The van der Waals surface area contributed by atoms with E-state index < -0.39 is 0 Å². The molecule has 1 atom stereocenters. The number of carbonyl (C=O) groups is 2. The highest BCUT2D eigenvalue weighted by molar-refractivity contribution is 7.09. The van der Waals surface area contributed by atoms with Crippen molar-refractivity contribution in [2.24, 2.45) is 0 Å². The van der Waals surface area contributed by atoms with E-state index in [4.69, 9.17) is 4.74 Å². The van der Waals surface area contributed by atoms with Crippen LogP contribution in [0.15, 0.2) is 60.0 Å². The first-order chi connectivity index (χ1) is 16.0. The van der Waals surface area contributed by atoms with Gasteiger partial charge < -0.3 is 15.4 Å². The number of thiazole rings is 1. The smallest absolute Gasteiger partial charge is 0.220 e. The van der Waals surface area contributed by atoms with Crippen LogP contribution in [0.1, 0.15) is 47.5 Å². The van der Waals surface area contributed by atoms with Crippen LogP contribution in [-0.4, -0.2) is 29.4 Å². The molecule has 1 saturated heterocycles. The number of aromatic nitrogens is 1. The molecular formula is C26H29N3O3S. The summed E-state index contributed by atoms with van der Waals surface area (Å²) >= 11 is 1.61. The van der Waals surface area contributed by atoms with Crippen LogP contribution in [0.5, 0.6) is 5.75 Å². The Kier molecular flexibility index (Phi) is 7.40. The summed E-state index contributed by atoms with van der Waals surface area (Å²) in [6, 6.07) is 18.1. The highest BCUT2D eigenvalue weighted by atomic mass is 32.1. The summed E-state index contributed by atoms with van der Waals surface area (Å²) in [4.78, 5) is 29.2. The van der Waals surface area contributed by atoms with Gasteiger partial charge in [-0.25, -0.2) is 4.98 Å². The molecule has 0 spiro atoms. The molecule has 1 aliphatic rings. The van der Waals surface area contributed by atoms with Gasteiger partial charge in [-0.05, 0) is 42.5 Å². The van der Waals surface area contributed by atoms with Gasteiger partial charge in [0.15, 0.2) is 0 Å². The predicted molar refractivity (Wildman–Crippen MR) is 129 cm³/mol. The monoisotopic (exact) mass is 463 g/mol. The van der Waals surface area contributed by atoms with Crippen LogP contribution < -0.4 is 15.4 Å². The number of rotatable bonds is 10. The first-order valence-electron chi connectivity index (χ1n) is 11.2. The third-order valence-corrected chi connectivity index (χ3v) is 6.93.